The molecule has 4 heteroatoms. The van der Waals surface area contributed by atoms with Crippen LogP contribution in [0.25, 0.3) is 0 Å². The minimum absolute atomic E-state index is 0.473. The number of nitrogens with one attached hydrogen (secondary N) is 1. The molecule has 0 amide bonds. The maximum absolute atomic E-state index is 6.31. The first-order chi connectivity index (χ1) is 7.88. The van der Waals surface area contributed by atoms with Gasteiger partial charge in [0, 0.05) is 13.1 Å². The Morgan fingerprint density at radius 2 is 1.94 bits per heavy atom. The maximum atomic E-state index is 6.31. The smallest absolute Gasteiger partial charge is 0.0847 e. The lowest BCUT2D eigenvalue weighted by Gasteiger charge is -2.27. The molecule has 0 aromatic carbocycles. The van der Waals surface area contributed by atoms with E-state index in [-0.39, 0.29) is 0 Å². The van der Waals surface area contributed by atoms with Crippen molar-refractivity contribution in [3.8, 4) is 0 Å². The lowest BCUT2D eigenvalue weighted by Crippen LogP contribution is -2.35. The minimum Gasteiger partial charge on any atom is -0.317 e. The second-order valence-electron chi connectivity index (χ2n) is 5.16. The average Bonchev–Trinajstić information content (AvgIpc) is 2.49. The fraction of sp³-hybridized carbons (Fsp3) is 0.769. The third-order valence-electron chi connectivity index (χ3n) is 3.64. The molecule has 0 saturated heterocycles. The van der Waals surface area contributed by atoms with Crippen LogP contribution in [-0.4, -0.2) is 22.9 Å². The van der Waals surface area contributed by atoms with Gasteiger partial charge in [-0.05, 0) is 39.2 Å². The first kappa shape index (κ1) is 14.5. The van der Waals surface area contributed by atoms with Crippen molar-refractivity contribution >= 4 is 11.6 Å². The lowest BCUT2D eigenvalue weighted by atomic mass is 9.85. The molecule has 3 nitrogen and oxygen atoms in total. The number of hydrogen-bond acceptors (Lipinski definition) is 2. The van der Waals surface area contributed by atoms with E-state index in [2.05, 4.69) is 31.2 Å². The summed E-state index contributed by atoms with van der Waals surface area (Å²) in [6.07, 6.45) is 0.968. The van der Waals surface area contributed by atoms with Crippen molar-refractivity contribution in [1.82, 2.24) is 15.1 Å². The summed E-state index contributed by atoms with van der Waals surface area (Å²) in [4.78, 5) is 0. The Balaban J connectivity index is 2.93. The van der Waals surface area contributed by atoms with Crippen molar-refractivity contribution in [2.45, 2.75) is 40.2 Å². The summed E-state index contributed by atoms with van der Waals surface area (Å²) in [5.74, 6) is 1.18. The standard InChI is InChI=1S/C13H24ClN3/c1-8(2)11(9(3)15-5)7-12-13(14)10(4)16-17(12)6/h8-9,11,15H,7H2,1-6H3. The molecule has 2 unspecified atom stereocenters. The van der Waals surface area contributed by atoms with Gasteiger partial charge in [-0.15, -0.1) is 0 Å². The fourth-order valence-electron chi connectivity index (χ4n) is 2.33. The number of hydrogen-bond donors (Lipinski definition) is 1. The molecule has 0 saturated carbocycles. The molecular weight excluding hydrogens is 234 g/mol. The SMILES string of the molecule is CNC(C)C(Cc1c(Cl)c(C)nn1C)C(C)C. The number of nitrogens with zero attached hydrogens (tertiary/aromatic N) is 2. The summed E-state index contributed by atoms with van der Waals surface area (Å²) in [6.45, 7) is 8.70. The van der Waals surface area contributed by atoms with Gasteiger partial charge in [0.15, 0.2) is 0 Å². The van der Waals surface area contributed by atoms with Gasteiger partial charge in [0.2, 0.25) is 0 Å². The zero-order valence-corrected chi connectivity index (χ0v) is 12.5. The second-order valence-corrected chi connectivity index (χ2v) is 5.54. The summed E-state index contributed by atoms with van der Waals surface area (Å²) >= 11 is 6.31. The summed E-state index contributed by atoms with van der Waals surface area (Å²) in [7, 11) is 3.98. The van der Waals surface area contributed by atoms with Crippen molar-refractivity contribution in [1.29, 1.82) is 0 Å². The molecular formula is C13H24ClN3. The molecule has 0 fully saturated rings. The van der Waals surface area contributed by atoms with Crippen LogP contribution >= 0.6 is 11.6 Å². The minimum atomic E-state index is 0.473. The van der Waals surface area contributed by atoms with E-state index in [1.54, 1.807) is 0 Å². The predicted octanol–water partition coefficient (Wildman–Crippen LogP) is 2.80. The molecule has 17 heavy (non-hydrogen) atoms. The second kappa shape index (κ2) is 5.87. The highest BCUT2D eigenvalue weighted by atomic mass is 35.5. The van der Waals surface area contributed by atoms with Crippen molar-refractivity contribution in [2.75, 3.05) is 7.05 Å². The van der Waals surface area contributed by atoms with Gasteiger partial charge in [-0.2, -0.15) is 5.10 Å². The summed E-state index contributed by atoms with van der Waals surface area (Å²) < 4.78 is 1.91. The highest BCUT2D eigenvalue weighted by Crippen LogP contribution is 2.26. The average molecular weight is 258 g/mol. The summed E-state index contributed by atoms with van der Waals surface area (Å²) in [6, 6.07) is 0.473. The Kier molecular flexibility index (Phi) is 5.02. The molecule has 1 aromatic heterocycles. The highest BCUT2D eigenvalue weighted by Gasteiger charge is 2.23. The first-order valence-electron chi connectivity index (χ1n) is 6.23. The molecule has 1 N–H and O–H groups in total. The zero-order valence-electron chi connectivity index (χ0n) is 11.7. The topological polar surface area (TPSA) is 29.9 Å². The van der Waals surface area contributed by atoms with Crippen LogP contribution in [0.3, 0.4) is 0 Å². The van der Waals surface area contributed by atoms with Crippen molar-refractivity contribution in [3.05, 3.63) is 16.4 Å². The normalized spacial score (nSPS) is 15.3. The molecule has 0 aliphatic rings. The Morgan fingerprint density at radius 1 is 1.35 bits per heavy atom. The number of rotatable bonds is 5. The van der Waals surface area contributed by atoms with Gasteiger partial charge in [0.05, 0.1) is 16.4 Å². The van der Waals surface area contributed by atoms with Gasteiger partial charge in [-0.3, -0.25) is 4.68 Å². The molecule has 0 radical (unpaired) electrons. The van der Waals surface area contributed by atoms with Gasteiger partial charge in [0.25, 0.3) is 0 Å². The fourth-order valence-corrected chi connectivity index (χ4v) is 2.57. The third-order valence-corrected chi connectivity index (χ3v) is 4.14. The monoisotopic (exact) mass is 257 g/mol. The van der Waals surface area contributed by atoms with Crippen LogP contribution in [0.15, 0.2) is 0 Å². The van der Waals surface area contributed by atoms with Crippen molar-refractivity contribution in [3.63, 3.8) is 0 Å². The quantitative estimate of drug-likeness (QED) is 0.879. The van der Waals surface area contributed by atoms with Crippen LogP contribution in [0.1, 0.15) is 32.2 Å². The number of halogens is 1. The van der Waals surface area contributed by atoms with Crippen molar-refractivity contribution in [2.24, 2.45) is 18.9 Å². The van der Waals surface area contributed by atoms with E-state index in [1.807, 2.05) is 25.7 Å². The Bertz CT molecular complexity index is 371. The Morgan fingerprint density at radius 3 is 2.29 bits per heavy atom. The molecule has 1 rings (SSSR count). The number of aryl methyl sites for hydroxylation is 2. The van der Waals surface area contributed by atoms with Crippen LogP contribution < -0.4 is 5.32 Å². The third kappa shape index (κ3) is 3.23. The first-order valence-corrected chi connectivity index (χ1v) is 6.61. The Hall–Kier alpha value is -0.540. The highest BCUT2D eigenvalue weighted by molar-refractivity contribution is 6.31. The molecule has 2 atom stereocenters. The summed E-state index contributed by atoms with van der Waals surface area (Å²) in [5.41, 5.74) is 2.06. The van der Waals surface area contributed by atoms with Crippen LogP contribution in [0, 0.1) is 18.8 Å². The van der Waals surface area contributed by atoms with Crippen molar-refractivity contribution < 1.29 is 0 Å². The van der Waals surface area contributed by atoms with Crippen LogP contribution in [-0.2, 0) is 13.5 Å². The van der Waals surface area contributed by atoms with Gasteiger partial charge in [0.1, 0.15) is 0 Å². The van der Waals surface area contributed by atoms with Gasteiger partial charge in [-0.25, -0.2) is 0 Å². The van der Waals surface area contributed by atoms with Gasteiger partial charge < -0.3 is 5.32 Å². The summed E-state index contributed by atoms with van der Waals surface area (Å²) in [5, 5.41) is 8.53. The van der Waals surface area contributed by atoms with E-state index >= 15 is 0 Å². The predicted molar refractivity (Wildman–Crippen MR) is 73.5 cm³/mol. The van der Waals surface area contributed by atoms with E-state index in [4.69, 9.17) is 11.6 Å². The molecule has 1 aromatic rings. The van der Waals surface area contributed by atoms with Gasteiger partial charge in [-0.1, -0.05) is 25.4 Å². The van der Waals surface area contributed by atoms with E-state index in [0.29, 0.717) is 17.9 Å². The van der Waals surface area contributed by atoms with E-state index in [0.717, 1.165) is 22.8 Å². The largest absolute Gasteiger partial charge is 0.317 e. The van der Waals surface area contributed by atoms with Crippen LogP contribution in [0.5, 0.6) is 0 Å². The van der Waals surface area contributed by atoms with E-state index in [1.165, 1.54) is 0 Å². The zero-order chi connectivity index (χ0) is 13.2. The maximum Gasteiger partial charge on any atom is 0.0847 e. The molecule has 1 heterocycles. The number of aromatic nitrogens is 2. The molecule has 0 spiro atoms. The Labute approximate surface area is 110 Å². The lowest BCUT2D eigenvalue weighted by molar-refractivity contribution is 0.295. The molecule has 98 valence electrons. The molecule has 0 aliphatic heterocycles. The van der Waals surface area contributed by atoms with Crippen LogP contribution in [0.2, 0.25) is 5.02 Å². The van der Waals surface area contributed by atoms with Gasteiger partial charge >= 0.3 is 0 Å². The van der Waals surface area contributed by atoms with Crippen LogP contribution in [0.4, 0.5) is 0 Å². The van der Waals surface area contributed by atoms with E-state index in [9.17, 15) is 0 Å². The molecule has 0 bridgehead atoms. The molecule has 0 aliphatic carbocycles. The van der Waals surface area contributed by atoms with E-state index < -0.39 is 0 Å².